The van der Waals surface area contributed by atoms with Crippen LogP contribution >= 0.6 is 0 Å². The first kappa shape index (κ1) is 25.1. The summed E-state index contributed by atoms with van der Waals surface area (Å²) in [5, 5.41) is 0. The number of ether oxygens (including phenoxy) is 3. The lowest BCUT2D eigenvalue weighted by molar-refractivity contribution is 0.133. The lowest BCUT2D eigenvalue weighted by Gasteiger charge is -2.29. The van der Waals surface area contributed by atoms with Crippen LogP contribution in [0.5, 0.6) is 11.5 Å². The van der Waals surface area contributed by atoms with E-state index in [1.165, 1.54) is 6.07 Å². The number of hydrogen-bond acceptors (Lipinski definition) is 3. The van der Waals surface area contributed by atoms with E-state index < -0.39 is 17.5 Å². The van der Waals surface area contributed by atoms with Crippen LogP contribution in [0.2, 0.25) is 0 Å². The quantitative estimate of drug-likeness (QED) is 0.312. The van der Waals surface area contributed by atoms with Crippen molar-refractivity contribution in [1.29, 1.82) is 0 Å². The predicted molar refractivity (Wildman–Crippen MR) is 130 cm³/mol. The van der Waals surface area contributed by atoms with Crippen LogP contribution in [0.4, 0.5) is 13.2 Å². The molecule has 1 saturated carbocycles. The zero-order valence-electron chi connectivity index (χ0n) is 20.2. The minimum absolute atomic E-state index is 0.0414. The van der Waals surface area contributed by atoms with Crippen molar-refractivity contribution in [1.82, 2.24) is 0 Å². The van der Waals surface area contributed by atoms with E-state index in [0.29, 0.717) is 36.7 Å². The first-order valence-electron chi connectivity index (χ1n) is 12.1. The smallest absolute Gasteiger partial charge is 0.166 e. The SMILES string of the molecule is CCOCc1ccc(OCC2CCC(c3ccc(-c4ccc(OC)cc4)c(F)c3F)CC2)c(F)c1. The Morgan fingerprint density at radius 2 is 1.60 bits per heavy atom. The van der Waals surface area contributed by atoms with Gasteiger partial charge in [0.15, 0.2) is 23.2 Å². The topological polar surface area (TPSA) is 27.7 Å². The predicted octanol–water partition coefficient (Wildman–Crippen LogP) is 7.67. The molecule has 0 N–H and O–H groups in total. The van der Waals surface area contributed by atoms with Crippen LogP contribution in [0.3, 0.4) is 0 Å². The summed E-state index contributed by atoms with van der Waals surface area (Å²) in [4.78, 5) is 0. The Bertz CT molecular complexity index is 1120. The van der Waals surface area contributed by atoms with E-state index >= 15 is 4.39 Å². The summed E-state index contributed by atoms with van der Waals surface area (Å²) in [6.45, 7) is 3.24. The second-order valence-electron chi connectivity index (χ2n) is 8.99. The van der Waals surface area contributed by atoms with Gasteiger partial charge in [-0.3, -0.25) is 0 Å². The van der Waals surface area contributed by atoms with Crippen LogP contribution in [0, 0.1) is 23.4 Å². The van der Waals surface area contributed by atoms with Crippen LogP contribution in [-0.2, 0) is 11.3 Å². The Balaban J connectivity index is 1.34. The fourth-order valence-corrected chi connectivity index (χ4v) is 4.69. The molecule has 0 aliphatic heterocycles. The molecule has 4 rings (SSSR count). The summed E-state index contributed by atoms with van der Waals surface area (Å²) < 4.78 is 60.5. The Morgan fingerprint density at radius 1 is 0.857 bits per heavy atom. The molecule has 0 atom stereocenters. The monoisotopic (exact) mass is 484 g/mol. The third-order valence-corrected chi connectivity index (χ3v) is 6.74. The third-order valence-electron chi connectivity index (χ3n) is 6.74. The Morgan fingerprint density at radius 3 is 2.26 bits per heavy atom. The molecule has 6 heteroatoms. The number of halogens is 3. The van der Waals surface area contributed by atoms with Gasteiger partial charge in [0.25, 0.3) is 0 Å². The fraction of sp³-hybridized carbons (Fsp3) is 0.379. The molecule has 1 fully saturated rings. The Hall–Kier alpha value is -2.99. The van der Waals surface area contributed by atoms with Crippen LogP contribution in [-0.4, -0.2) is 20.3 Å². The van der Waals surface area contributed by atoms with Gasteiger partial charge in [-0.25, -0.2) is 13.2 Å². The molecule has 35 heavy (non-hydrogen) atoms. The molecule has 0 unspecified atom stereocenters. The Kier molecular flexibility index (Phi) is 8.34. The largest absolute Gasteiger partial charge is 0.497 e. The molecule has 0 heterocycles. The second-order valence-corrected chi connectivity index (χ2v) is 8.99. The van der Waals surface area contributed by atoms with Gasteiger partial charge in [-0.1, -0.05) is 30.3 Å². The maximum absolute atomic E-state index is 15.0. The maximum atomic E-state index is 15.0. The van der Waals surface area contributed by atoms with E-state index in [1.807, 2.05) is 6.92 Å². The van der Waals surface area contributed by atoms with Gasteiger partial charge in [-0.15, -0.1) is 0 Å². The van der Waals surface area contributed by atoms with Crippen molar-refractivity contribution >= 4 is 0 Å². The van der Waals surface area contributed by atoms with Crippen molar-refractivity contribution in [2.75, 3.05) is 20.3 Å². The van der Waals surface area contributed by atoms with Gasteiger partial charge < -0.3 is 14.2 Å². The normalized spacial score (nSPS) is 17.9. The average Bonchev–Trinajstić information content (AvgIpc) is 2.89. The molecular weight excluding hydrogens is 453 g/mol. The summed E-state index contributed by atoms with van der Waals surface area (Å²) in [6.07, 6.45) is 3.11. The van der Waals surface area contributed by atoms with Crippen molar-refractivity contribution < 1.29 is 27.4 Å². The van der Waals surface area contributed by atoms with Crippen molar-refractivity contribution in [3.8, 4) is 22.6 Å². The van der Waals surface area contributed by atoms with E-state index in [2.05, 4.69) is 0 Å². The highest BCUT2D eigenvalue weighted by atomic mass is 19.2. The summed E-state index contributed by atoms with van der Waals surface area (Å²) >= 11 is 0. The van der Waals surface area contributed by atoms with E-state index in [4.69, 9.17) is 14.2 Å². The highest BCUT2D eigenvalue weighted by Crippen LogP contribution is 2.39. The van der Waals surface area contributed by atoms with Gasteiger partial charge in [0.1, 0.15) is 5.75 Å². The van der Waals surface area contributed by atoms with Crippen molar-refractivity contribution in [2.24, 2.45) is 5.92 Å². The summed E-state index contributed by atoms with van der Waals surface area (Å²) in [5.41, 5.74) is 2.04. The number of hydrogen-bond donors (Lipinski definition) is 0. The zero-order chi connectivity index (χ0) is 24.8. The van der Waals surface area contributed by atoms with Crippen LogP contribution < -0.4 is 9.47 Å². The summed E-state index contributed by atoms with van der Waals surface area (Å²) in [5.74, 6) is -0.887. The lowest BCUT2D eigenvalue weighted by atomic mass is 9.78. The summed E-state index contributed by atoms with van der Waals surface area (Å²) in [7, 11) is 1.56. The van der Waals surface area contributed by atoms with E-state index in [-0.39, 0.29) is 23.1 Å². The summed E-state index contributed by atoms with van der Waals surface area (Å²) in [6, 6.07) is 15.1. The first-order valence-corrected chi connectivity index (χ1v) is 12.1. The average molecular weight is 485 g/mol. The van der Waals surface area contributed by atoms with Gasteiger partial charge in [0, 0.05) is 12.2 Å². The van der Waals surface area contributed by atoms with Crippen molar-refractivity contribution in [3.63, 3.8) is 0 Å². The number of rotatable bonds is 9. The second kappa shape index (κ2) is 11.6. The molecule has 0 spiro atoms. The number of benzene rings is 3. The molecular formula is C29H31F3O3. The van der Waals surface area contributed by atoms with Gasteiger partial charge in [0.05, 0.1) is 20.3 Å². The van der Waals surface area contributed by atoms with E-state index in [9.17, 15) is 8.78 Å². The standard InChI is InChI=1S/C29H31F3O3/c1-3-34-17-20-6-15-27(26(30)16-20)35-18-19-4-7-21(8-5-19)24-13-14-25(29(32)28(24)31)22-9-11-23(33-2)12-10-22/h6,9-16,19,21H,3-5,7-8,17-18H2,1-2H3. The highest BCUT2D eigenvalue weighted by molar-refractivity contribution is 5.65. The number of methoxy groups -OCH3 is 1. The van der Waals surface area contributed by atoms with E-state index in [1.54, 1.807) is 55.6 Å². The van der Waals surface area contributed by atoms with Gasteiger partial charge in [0.2, 0.25) is 0 Å². The molecule has 0 radical (unpaired) electrons. The van der Waals surface area contributed by atoms with Crippen molar-refractivity contribution in [2.45, 2.75) is 45.1 Å². The first-order chi connectivity index (χ1) is 17.0. The zero-order valence-corrected chi connectivity index (χ0v) is 20.2. The minimum Gasteiger partial charge on any atom is -0.497 e. The molecule has 1 aliphatic carbocycles. The molecule has 0 amide bonds. The molecule has 0 bridgehead atoms. The highest BCUT2D eigenvalue weighted by Gasteiger charge is 2.27. The minimum atomic E-state index is -0.818. The molecule has 3 aromatic rings. The molecule has 186 valence electrons. The van der Waals surface area contributed by atoms with Crippen LogP contribution in [0.15, 0.2) is 54.6 Å². The molecule has 0 aromatic heterocycles. The van der Waals surface area contributed by atoms with E-state index in [0.717, 1.165) is 31.2 Å². The van der Waals surface area contributed by atoms with Gasteiger partial charge >= 0.3 is 0 Å². The molecule has 0 saturated heterocycles. The maximum Gasteiger partial charge on any atom is 0.166 e. The third kappa shape index (κ3) is 5.99. The van der Waals surface area contributed by atoms with Crippen LogP contribution in [0.1, 0.15) is 49.7 Å². The molecule has 3 aromatic carbocycles. The fourth-order valence-electron chi connectivity index (χ4n) is 4.69. The Labute approximate surface area is 204 Å². The molecule has 1 aliphatic rings. The molecule has 3 nitrogen and oxygen atoms in total. The lowest BCUT2D eigenvalue weighted by Crippen LogP contribution is -2.20. The van der Waals surface area contributed by atoms with Gasteiger partial charge in [-0.2, -0.15) is 0 Å². The van der Waals surface area contributed by atoms with Crippen molar-refractivity contribution in [3.05, 3.63) is 83.2 Å². The van der Waals surface area contributed by atoms with Crippen LogP contribution in [0.25, 0.3) is 11.1 Å². The van der Waals surface area contributed by atoms with Gasteiger partial charge in [-0.05, 0) is 85.4 Å².